The molecule has 7 heteroatoms. The summed E-state index contributed by atoms with van der Waals surface area (Å²) in [7, 11) is 0. The molecule has 2 N–H and O–H groups in total. The van der Waals surface area contributed by atoms with Gasteiger partial charge in [-0.05, 0) is 24.6 Å². The molecular weight excluding hydrogens is 356 g/mol. The number of aryl methyl sites for hydroxylation is 1. The predicted octanol–water partition coefficient (Wildman–Crippen LogP) is 2.77. The SMILES string of the molecule is Cc1nc(CNC(=O)Cc2cccc(Br)c2)sc1C(=O)O. The first-order valence-electron chi connectivity index (χ1n) is 6.16. The van der Waals surface area contributed by atoms with Gasteiger partial charge in [0.25, 0.3) is 0 Å². The van der Waals surface area contributed by atoms with E-state index in [0.29, 0.717) is 10.7 Å². The van der Waals surface area contributed by atoms with Crippen molar-refractivity contribution in [3.05, 3.63) is 49.9 Å². The lowest BCUT2D eigenvalue weighted by Gasteiger charge is -2.03. The fraction of sp³-hybridized carbons (Fsp3) is 0.214. The quantitative estimate of drug-likeness (QED) is 0.850. The van der Waals surface area contributed by atoms with Crippen molar-refractivity contribution in [2.75, 3.05) is 0 Å². The van der Waals surface area contributed by atoms with Crippen molar-refractivity contribution < 1.29 is 14.7 Å². The number of nitrogens with zero attached hydrogens (tertiary/aromatic N) is 1. The van der Waals surface area contributed by atoms with Gasteiger partial charge in [-0.3, -0.25) is 4.79 Å². The molecule has 0 spiro atoms. The lowest BCUT2D eigenvalue weighted by atomic mass is 10.1. The number of hydrogen-bond acceptors (Lipinski definition) is 4. The number of halogens is 1. The Labute approximate surface area is 134 Å². The van der Waals surface area contributed by atoms with Gasteiger partial charge in [0.2, 0.25) is 5.91 Å². The minimum absolute atomic E-state index is 0.127. The highest BCUT2D eigenvalue weighted by atomic mass is 79.9. The van der Waals surface area contributed by atoms with E-state index in [1.165, 1.54) is 0 Å². The van der Waals surface area contributed by atoms with Crippen LogP contribution >= 0.6 is 27.3 Å². The topological polar surface area (TPSA) is 79.3 Å². The van der Waals surface area contributed by atoms with Gasteiger partial charge in [-0.1, -0.05) is 28.1 Å². The normalized spacial score (nSPS) is 10.4. The maximum absolute atomic E-state index is 11.9. The van der Waals surface area contributed by atoms with Crippen LogP contribution in [0.5, 0.6) is 0 Å². The van der Waals surface area contributed by atoms with Crippen molar-refractivity contribution in [1.29, 1.82) is 0 Å². The Morgan fingerprint density at radius 3 is 2.81 bits per heavy atom. The first-order valence-corrected chi connectivity index (χ1v) is 7.77. The second-order valence-corrected chi connectivity index (χ2v) is 6.41. The number of hydrogen-bond donors (Lipinski definition) is 2. The third-order valence-corrected chi connectivity index (χ3v) is 4.36. The highest BCUT2D eigenvalue weighted by Gasteiger charge is 2.14. The van der Waals surface area contributed by atoms with Crippen LogP contribution in [-0.2, 0) is 17.8 Å². The van der Waals surface area contributed by atoms with E-state index in [2.05, 4.69) is 26.2 Å². The average Bonchev–Trinajstić information content (AvgIpc) is 2.78. The Morgan fingerprint density at radius 2 is 2.19 bits per heavy atom. The monoisotopic (exact) mass is 368 g/mol. The smallest absolute Gasteiger partial charge is 0.347 e. The Hall–Kier alpha value is -1.73. The van der Waals surface area contributed by atoms with Gasteiger partial charge in [0, 0.05) is 4.47 Å². The molecule has 1 heterocycles. The summed E-state index contributed by atoms with van der Waals surface area (Å²) >= 11 is 4.44. The molecule has 0 aliphatic heterocycles. The molecular formula is C14H13BrN2O3S. The first kappa shape index (κ1) is 15.7. The molecule has 2 rings (SSSR count). The molecule has 0 atom stereocenters. The molecule has 0 unspecified atom stereocenters. The Bertz CT molecular complexity index is 685. The molecule has 0 aliphatic carbocycles. The van der Waals surface area contributed by atoms with Gasteiger partial charge in [-0.15, -0.1) is 11.3 Å². The summed E-state index contributed by atoms with van der Waals surface area (Å²) in [4.78, 5) is 27.1. The van der Waals surface area contributed by atoms with Crippen LogP contribution in [0.25, 0.3) is 0 Å². The fourth-order valence-electron chi connectivity index (χ4n) is 1.80. The van der Waals surface area contributed by atoms with Crippen LogP contribution in [0, 0.1) is 6.92 Å². The van der Waals surface area contributed by atoms with Crippen molar-refractivity contribution in [1.82, 2.24) is 10.3 Å². The van der Waals surface area contributed by atoms with Crippen LogP contribution in [0.15, 0.2) is 28.7 Å². The summed E-state index contributed by atoms with van der Waals surface area (Å²) in [6, 6.07) is 7.53. The summed E-state index contributed by atoms with van der Waals surface area (Å²) in [5, 5.41) is 12.3. The number of benzene rings is 1. The number of carbonyl (C=O) groups excluding carboxylic acids is 1. The molecule has 0 saturated carbocycles. The molecule has 2 aromatic rings. The molecule has 1 aromatic carbocycles. The second-order valence-electron chi connectivity index (χ2n) is 4.41. The highest BCUT2D eigenvalue weighted by molar-refractivity contribution is 9.10. The molecule has 0 radical (unpaired) electrons. The number of carboxylic acid groups (broad SMARTS) is 1. The molecule has 0 bridgehead atoms. The van der Waals surface area contributed by atoms with E-state index in [1.54, 1.807) is 6.92 Å². The molecule has 0 aliphatic rings. The Balaban J connectivity index is 1.92. The summed E-state index contributed by atoms with van der Waals surface area (Å²) in [5.41, 5.74) is 1.38. The van der Waals surface area contributed by atoms with Crippen molar-refractivity contribution in [3.63, 3.8) is 0 Å². The highest BCUT2D eigenvalue weighted by Crippen LogP contribution is 2.18. The van der Waals surface area contributed by atoms with Gasteiger partial charge in [-0.25, -0.2) is 9.78 Å². The van der Waals surface area contributed by atoms with Gasteiger partial charge in [0.15, 0.2) is 0 Å². The van der Waals surface area contributed by atoms with E-state index >= 15 is 0 Å². The first-order chi connectivity index (χ1) is 9.95. The van der Waals surface area contributed by atoms with Crippen molar-refractivity contribution >= 4 is 39.1 Å². The van der Waals surface area contributed by atoms with Crippen LogP contribution in [0.3, 0.4) is 0 Å². The Kier molecular flexibility index (Phi) is 5.08. The minimum atomic E-state index is -0.989. The third kappa shape index (κ3) is 4.37. The van der Waals surface area contributed by atoms with Crippen molar-refractivity contribution in [2.24, 2.45) is 0 Å². The predicted molar refractivity (Wildman–Crippen MR) is 83.5 cm³/mol. The summed E-state index contributed by atoms with van der Waals surface area (Å²) in [6.45, 7) is 1.89. The number of rotatable bonds is 5. The number of thiazole rings is 1. The molecule has 0 saturated heterocycles. The number of aromatic carboxylic acids is 1. The molecule has 1 aromatic heterocycles. The van der Waals surface area contributed by atoms with E-state index in [1.807, 2.05) is 24.3 Å². The van der Waals surface area contributed by atoms with E-state index in [-0.39, 0.29) is 23.7 Å². The Morgan fingerprint density at radius 1 is 1.43 bits per heavy atom. The van der Waals surface area contributed by atoms with Crippen LogP contribution < -0.4 is 5.32 Å². The minimum Gasteiger partial charge on any atom is -0.477 e. The van der Waals surface area contributed by atoms with E-state index in [0.717, 1.165) is 21.4 Å². The maximum atomic E-state index is 11.9. The molecule has 5 nitrogen and oxygen atoms in total. The molecule has 0 fully saturated rings. The average molecular weight is 369 g/mol. The van der Waals surface area contributed by atoms with Crippen molar-refractivity contribution in [2.45, 2.75) is 19.9 Å². The zero-order valence-corrected chi connectivity index (χ0v) is 13.6. The summed E-state index contributed by atoms with van der Waals surface area (Å²) < 4.78 is 0.925. The van der Waals surface area contributed by atoms with E-state index < -0.39 is 5.97 Å². The van der Waals surface area contributed by atoms with E-state index in [4.69, 9.17) is 5.11 Å². The number of carbonyl (C=O) groups is 2. The standard InChI is InChI=1S/C14H13BrN2O3S/c1-8-13(14(19)20)21-12(17-8)7-16-11(18)6-9-3-2-4-10(15)5-9/h2-5H,6-7H2,1H3,(H,16,18)(H,19,20). The lowest BCUT2D eigenvalue weighted by molar-refractivity contribution is -0.120. The summed E-state index contributed by atoms with van der Waals surface area (Å²) in [6.07, 6.45) is 0.273. The van der Waals surface area contributed by atoms with Crippen LogP contribution in [0.2, 0.25) is 0 Å². The van der Waals surface area contributed by atoms with Gasteiger partial charge < -0.3 is 10.4 Å². The van der Waals surface area contributed by atoms with Gasteiger partial charge in [-0.2, -0.15) is 0 Å². The maximum Gasteiger partial charge on any atom is 0.347 e. The largest absolute Gasteiger partial charge is 0.477 e. The number of aromatic nitrogens is 1. The third-order valence-electron chi connectivity index (χ3n) is 2.73. The number of nitrogens with one attached hydrogen (secondary N) is 1. The number of carboxylic acids is 1. The zero-order chi connectivity index (χ0) is 15.4. The molecule has 110 valence electrons. The van der Waals surface area contributed by atoms with Gasteiger partial charge >= 0.3 is 5.97 Å². The van der Waals surface area contributed by atoms with Gasteiger partial charge in [0.1, 0.15) is 9.88 Å². The van der Waals surface area contributed by atoms with Gasteiger partial charge in [0.05, 0.1) is 18.7 Å². The lowest BCUT2D eigenvalue weighted by Crippen LogP contribution is -2.24. The van der Waals surface area contributed by atoms with Crippen LogP contribution in [0.4, 0.5) is 0 Å². The molecule has 1 amide bonds. The van der Waals surface area contributed by atoms with Crippen LogP contribution in [-0.4, -0.2) is 22.0 Å². The number of amides is 1. The van der Waals surface area contributed by atoms with Crippen LogP contribution in [0.1, 0.15) is 25.9 Å². The molecule has 21 heavy (non-hydrogen) atoms. The zero-order valence-electron chi connectivity index (χ0n) is 11.2. The fourth-order valence-corrected chi connectivity index (χ4v) is 3.09. The van der Waals surface area contributed by atoms with E-state index in [9.17, 15) is 9.59 Å². The second kappa shape index (κ2) is 6.82. The summed E-state index contributed by atoms with van der Waals surface area (Å²) in [5.74, 6) is -1.12. The van der Waals surface area contributed by atoms with Crippen molar-refractivity contribution in [3.8, 4) is 0 Å².